The number of halogens is 1. The average molecular weight is 441 g/mol. The van der Waals surface area contributed by atoms with Crippen LogP contribution in [0.3, 0.4) is 0 Å². The largest absolute Gasteiger partial charge is 0.356 e. The van der Waals surface area contributed by atoms with Crippen LogP contribution in [0.4, 0.5) is 0 Å². The van der Waals surface area contributed by atoms with Crippen LogP contribution < -0.4 is 10.6 Å². The van der Waals surface area contributed by atoms with Crippen LogP contribution in [0.1, 0.15) is 49.0 Å². The van der Waals surface area contributed by atoms with Crippen molar-refractivity contribution in [2.45, 2.75) is 44.6 Å². The third-order valence-electron chi connectivity index (χ3n) is 6.16. The van der Waals surface area contributed by atoms with Gasteiger partial charge in [-0.2, -0.15) is 5.26 Å². The van der Waals surface area contributed by atoms with E-state index >= 15 is 0 Å². The Hall–Kier alpha value is -2.85. The first kappa shape index (κ1) is 21.4. The molecule has 8 heteroatoms. The van der Waals surface area contributed by atoms with Gasteiger partial charge in [0.25, 0.3) is 0 Å². The zero-order valence-corrected chi connectivity index (χ0v) is 17.9. The topological polar surface area (TPSA) is 115 Å². The van der Waals surface area contributed by atoms with Gasteiger partial charge in [-0.3, -0.25) is 14.4 Å². The van der Waals surface area contributed by atoms with Gasteiger partial charge in [-0.05, 0) is 49.4 Å². The number of nitriles is 1. The predicted octanol–water partition coefficient (Wildman–Crippen LogP) is 3.34. The molecule has 0 spiro atoms. The van der Waals surface area contributed by atoms with Crippen LogP contribution in [0, 0.1) is 29.1 Å². The smallest absolute Gasteiger partial charge is 0.224 e. The Balaban J connectivity index is 1.43. The van der Waals surface area contributed by atoms with Gasteiger partial charge in [0.05, 0.1) is 11.8 Å². The number of rotatable bonds is 9. The molecule has 1 saturated heterocycles. The first-order valence-corrected chi connectivity index (χ1v) is 11.1. The highest BCUT2D eigenvalue weighted by Gasteiger charge is 2.33. The molecule has 3 N–H and O–H groups in total. The molecule has 31 heavy (non-hydrogen) atoms. The molecule has 2 amide bonds. The molecule has 4 rings (SSSR count). The van der Waals surface area contributed by atoms with Crippen molar-refractivity contribution < 1.29 is 14.4 Å². The van der Waals surface area contributed by atoms with Gasteiger partial charge >= 0.3 is 0 Å². The van der Waals surface area contributed by atoms with Crippen LogP contribution in [0.5, 0.6) is 0 Å². The van der Waals surface area contributed by atoms with Gasteiger partial charge in [-0.25, -0.2) is 0 Å². The number of hydrogen-bond acceptors (Lipinski definition) is 4. The Labute approximate surface area is 185 Å². The van der Waals surface area contributed by atoms with Crippen LogP contribution in [-0.2, 0) is 9.59 Å². The summed E-state index contributed by atoms with van der Waals surface area (Å²) < 4.78 is 0. The number of nitrogens with one attached hydrogen (secondary N) is 3. The number of carbonyl (C=O) groups excluding carboxylic acids is 3. The summed E-state index contributed by atoms with van der Waals surface area (Å²) in [5.41, 5.74) is 1.26. The van der Waals surface area contributed by atoms with Gasteiger partial charge in [-0.15, -0.1) is 0 Å². The van der Waals surface area contributed by atoms with Gasteiger partial charge in [0.15, 0.2) is 5.78 Å². The van der Waals surface area contributed by atoms with Crippen LogP contribution in [0.2, 0.25) is 5.02 Å². The lowest BCUT2D eigenvalue weighted by Gasteiger charge is -2.19. The summed E-state index contributed by atoms with van der Waals surface area (Å²) in [5, 5.41) is 16.4. The van der Waals surface area contributed by atoms with Crippen LogP contribution in [0.25, 0.3) is 10.9 Å². The van der Waals surface area contributed by atoms with Crippen LogP contribution >= 0.6 is 11.6 Å². The summed E-state index contributed by atoms with van der Waals surface area (Å²) in [5.74, 6) is -0.805. The highest BCUT2D eigenvalue weighted by Crippen LogP contribution is 2.37. The first-order valence-electron chi connectivity index (χ1n) is 10.7. The maximum Gasteiger partial charge on any atom is 0.224 e. The van der Waals surface area contributed by atoms with Crippen LogP contribution in [0.15, 0.2) is 24.3 Å². The third kappa shape index (κ3) is 5.26. The lowest BCUT2D eigenvalue weighted by Crippen LogP contribution is -2.40. The Morgan fingerprint density at radius 2 is 2.03 bits per heavy atom. The van der Waals surface area contributed by atoms with Crippen molar-refractivity contribution in [1.82, 2.24) is 15.6 Å². The summed E-state index contributed by atoms with van der Waals surface area (Å²) in [6.07, 6.45) is 3.79. The van der Waals surface area contributed by atoms with E-state index in [0.29, 0.717) is 42.4 Å². The molecule has 1 aliphatic carbocycles. The maximum absolute atomic E-state index is 13.0. The zero-order chi connectivity index (χ0) is 22.0. The average Bonchev–Trinajstić information content (AvgIpc) is 3.32. The fourth-order valence-corrected chi connectivity index (χ4v) is 4.39. The number of hydrogen-bond donors (Lipinski definition) is 3. The van der Waals surface area contributed by atoms with Crippen molar-refractivity contribution in [3.63, 3.8) is 0 Å². The normalized spacial score (nSPS) is 20.1. The molecule has 0 radical (unpaired) electrons. The van der Waals surface area contributed by atoms with Crippen molar-refractivity contribution in [2.75, 3.05) is 6.54 Å². The monoisotopic (exact) mass is 440 g/mol. The minimum Gasteiger partial charge on any atom is -0.356 e. The van der Waals surface area contributed by atoms with Gasteiger partial charge in [-0.1, -0.05) is 24.4 Å². The second-order valence-corrected chi connectivity index (χ2v) is 9.06. The summed E-state index contributed by atoms with van der Waals surface area (Å²) in [6.45, 7) is 0.601. The summed E-state index contributed by atoms with van der Waals surface area (Å²) in [7, 11) is 0. The van der Waals surface area contributed by atoms with Crippen molar-refractivity contribution in [3.8, 4) is 6.07 Å². The summed E-state index contributed by atoms with van der Waals surface area (Å²) in [4.78, 5) is 40.8. The minimum atomic E-state index is -0.742. The molecule has 1 aromatic carbocycles. The quantitative estimate of drug-likeness (QED) is 0.518. The van der Waals surface area contributed by atoms with E-state index < -0.39 is 12.0 Å². The van der Waals surface area contributed by atoms with E-state index in [-0.39, 0.29) is 29.9 Å². The lowest BCUT2D eigenvalue weighted by molar-refractivity contribution is -0.127. The van der Waals surface area contributed by atoms with Gasteiger partial charge in [0.2, 0.25) is 11.8 Å². The lowest BCUT2D eigenvalue weighted by atomic mass is 9.93. The van der Waals surface area contributed by atoms with E-state index in [2.05, 4.69) is 21.7 Å². The second-order valence-electron chi connectivity index (χ2n) is 8.62. The van der Waals surface area contributed by atoms with Crippen molar-refractivity contribution in [1.29, 1.82) is 5.26 Å². The molecular weight excluding hydrogens is 416 g/mol. The molecule has 0 bridgehead atoms. The number of fused-ring (bicyclic) bond motifs is 1. The van der Waals surface area contributed by atoms with Gasteiger partial charge < -0.3 is 15.6 Å². The van der Waals surface area contributed by atoms with Crippen molar-refractivity contribution in [3.05, 3.63) is 35.0 Å². The third-order valence-corrected chi connectivity index (χ3v) is 6.39. The number of aromatic amines is 1. The molecule has 7 nitrogen and oxygen atoms in total. The molecule has 3 atom stereocenters. The molecule has 3 unspecified atom stereocenters. The number of Topliss-reactive ketones (excluding diaryl/α,β-unsaturated/α-hetero) is 1. The van der Waals surface area contributed by atoms with E-state index in [1.807, 2.05) is 6.07 Å². The number of nitrogens with zero attached hydrogens (tertiary/aromatic N) is 1. The van der Waals surface area contributed by atoms with E-state index in [0.717, 1.165) is 23.7 Å². The number of ketones is 1. The Kier molecular flexibility index (Phi) is 6.28. The van der Waals surface area contributed by atoms with Gasteiger partial charge in [0.1, 0.15) is 6.04 Å². The minimum absolute atomic E-state index is 0.0712. The van der Waals surface area contributed by atoms with Crippen molar-refractivity contribution in [2.24, 2.45) is 17.8 Å². The van der Waals surface area contributed by atoms with E-state index in [1.54, 1.807) is 18.2 Å². The number of amides is 2. The number of carbonyl (C=O) groups is 3. The number of H-pyrrole nitrogens is 1. The fraction of sp³-hybridized carbons (Fsp3) is 0.478. The standard InChI is InChI=1S/C23H25ClN4O3/c24-17-3-4-19-15(8-17)10-20(28-19)21(29)11-16(7-13-1-2-13)23(31)27-18(12-25)9-14-5-6-26-22(14)30/h3-4,8,10,13-14,16,18,28H,1-2,5-7,9,11H2,(H,26,30)(H,27,31). The van der Waals surface area contributed by atoms with Crippen LogP contribution in [-0.4, -0.2) is 35.2 Å². The first-order chi connectivity index (χ1) is 14.9. The summed E-state index contributed by atoms with van der Waals surface area (Å²) in [6, 6.07) is 8.47. The molecular formula is C23H25ClN4O3. The fourth-order valence-electron chi connectivity index (χ4n) is 4.21. The Bertz CT molecular complexity index is 1050. The SMILES string of the molecule is N#CC(CC1CCNC1=O)NC(=O)C(CC(=O)c1cc2cc(Cl)ccc2[nH]1)CC1CC1. The molecule has 2 heterocycles. The van der Waals surface area contributed by atoms with Gasteiger partial charge in [0, 0.05) is 40.7 Å². The zero-order valence-electron chi connectivity index (χ0n) is 17.1. The Morgan fingerprint density at radius 1 is 1.23 bits per heavy atom. The molecule has 162 valence electrons. The molecule has 1 aromatic heterocycles. The number of aromatic nitrogens is 1. The Morgan fingerprint density at radius 3 is 2.71 bits per heavy atom. The predicted molar refractivity (Wildman–Crippen MR) is 116 cm³/mol. The van der Waals surface area contributed by atoms with E-state index in [9.17, 15) is 19.6 Å². The number of benzene rings is 1. The second kappa shape index (κ2) is 9.11. The van der Waals surface area contributed by atoms with E-state index in [4.69, 9.17) is 11.6 Å². The molecule has 2 aliphatic rings. The van der Waals surface area contributed by atoms with Crippen molar-refractivity contribution >= 4 is 40.1 Å². The summed E-state index contributed by atoms with van der Waals surface area (Å²) >= 11 is 6.03. The maximum atomic E-state index is 13.0. The molecule has 2 aromatic rings. The molecule has 1 aliphatic heterocycles. The van der Waals surface area contributed by atoms with E-state index in [1.165, 1.54) is 0 Å². The highest BCUT2D eigenvalue weighted by molar-refractivity contribution is 6.31. The molecule has 2 fully saturated rings. The highest BCUT2D eigenvalue weighted by atomic mass is 35.5. The molecule has 1 saturated carbocycles.